The molecule has 3 rings (SSSR count). The molecule has 78 valence electrons. The molecule has 2 aromatic rings. The summed E-state index contributed by atoms with van der Waals surface area (Å²) >= 11 is 0. The molecule has 0 radical (unpaired) electrons. The Morgan fingerprint density at radius 1 is 0.938 bits per heavy atom. The van der Waals surface area contributed by atoms with Crippen LogP contribution in [-0.4, -0.2) is 0 Å². The number of benzene rings is 2. The van der Waals surface area contributed by atoms with Gasteiger partial charge in [-0.25, -0.2) is 0 Å². The van der Waals surface area contributed by atoms with Gasteiger partial charge in [0.15, 0.2) is 0 Å². The lowest BCUT2D eigenvalue weighted by atomic mass is 9.98. The van der Waals surface area contributed by atoms with Gasteiger partial charge in [0.2, 0.25) is 0 Å². The highest BCUT2D eigenvalue weighted by atomic mass is 14.9. The van der Waals surface area contributed by atoms with Crippen LogP contribution in [-0.2, 0) is 6.42 Å². The number of hydrogen-bond acceptors (Lipinski definition) is 1. The summed E-state index contributed by atoms with van der Waals surface area (Å²) < 4.78 is 0. The zero-order chi connectivity index (χ0) is 11.0. The Balaban J connectivity index is 2.17. The summed E-state index contributed by atoms with van der Waals surface area (Å²) in [6.07, 6.45) is 0.931. The second kappa shape index (κ2) is 3.53. The molecule has 0 atom stereocenters. The second-order valence-electron chi connectivity index (χ2n) is 4.10. The van der Waals surface area contributed by atoms with Crippen molar-refractivity contribution in [2.45, 2.75) is 6.42 Å². The van der Waals surface area contributed by atoms with E-state index >= 15 is 0 Å². The van der Waals surface area contributed by atoms with Gasteiger partial charge in [-0.1, -0.05) is 49.0 Å². The normalized spacial score (nSPS) is 13.4. The molecule has 1 heterocycles. The van der Waals surface area contributed by atoms with Crippen molar-refractivity contribution in [3.8, 4) is 11.1 Å². The van der Waals surface area contributed by atoms with E-state index in [1.807, 2.05) is 6.07 Å². The van der Waals surface area contributed by atoms with E-state index in [9.17, 15) is 0 Å². The van der Waals surface area contributed by atoms with E-state index in [1.165, 1.54) is 22.4 Å². The van der Waals surface area contributed by atoms with Gasteiger partial charge in [-0.3, -0.25) is 0 Å². The standard InChI is InChI=1S/C15H13N/c1-11-10-14-13(8-5-9-15(14)16-11)12-6-3-2-4-7-12/h2-9,16H,1,10H2. The highest BCUT2D eigenvalue weighted by Gasteiger charge is 2.16. The Kier molecular flexibility index (Phi) is 2.03. The zero-order valence-electron chi connectivity index (χ0n) is 9.03. The van der Waals surface area contributed by atoms with Crippen molar-refractivity contribution >= 4 is 5.69 Å². The minimum atomic E-state index is 0.931. The molecule has 1 aliphatic heterocycles. The molecule has 16 heavy (non-hydrogen) atoms. The molecule has 0 fully saturated rings. The van der Waals surface area contributed by atoms with Crippen molar-refractivity contribution in [3.63, 3.8) is 0 Å². The van der Waals surface area contributed by atoms with E-state index in [0.717, 1.165) is 12.1 Å². The first-order valence-corrected chi connectivity index (χ1v) is 5.47. The molecular formula is C15H13N. The lowest BCUT2D eigenvalue weighted by molar-refractivity contribution is 1.26. The topological polar surface area (TPSA) is 12.0 Å². The molecule has 0 aromatic heterocycles. The number of hydrogen-bond donors (Lipinski definition) is 1. The summed E-state index contributed by atoms with van der Waals surface area (Å²) in [5.41, 5.74) is 6.23. The van der Waals surface area contributed by atoms with Crippen LogP contribution in [0, 0.1) is 0 Å². The first-order chi connectivity index (χ1) is 7.84. The fraction of sp³-hybridized carbons (Fsp3) is 0.0667. The maximum atomic E-state index is 3.99. The molecule has 1 N–H and O–H groups in total. The van der Waals surface area contributed by atoms with Gasteiger partial charge < -0.3 is 5.32 Å². The van der Waals surface area contributed by atoms with Crippen LogP contribution in [0.15, 0.2) is 60.8 Å². The Hall–Kier alpha value is -2.02. The third-order valence-electron chi connectivity index (χ3n) is 2.96. The van der Waals surface area contributed by atoms with Crippen LogP contribution in [0.25, 0.3) is 11.1 Å². The minimum Gasteiger partial charge on any atom is -0.359 e. The molecule has 0 unspecified atom stereocenters. The van der Waals surface area contributed by atoms with E-state index < -0.39 is 0 Å². The molecule has 1 aliphatic rings. The largest absolute Gasteiger partial charge is 0.359 e. The lowest BCUT2D eigenvalue weighted by Crippen LogP contribution is -1.86. The highest BCUT2D eigenvalue weighted by molar-refractivity contribution is 5.77. The van der Waals surface area contributed by atoms with Gasteiger partial charge in [0, 0.05) is 17.8 Å². The number of allylic oxidation sites excluding steroid dienone is 1. The van der Waals surface area contributed by atoms with Crippen molar-refractivity contribution < 1.29 is 0 Å². The SMILES string of the molecule is C=C1Cc2c(cccc2-c2ccccc2)N1. The smallest absolute Gasteiger partial charge is 0.0424 e. The van der Waals surface area contributed by atoms with Crippen LogP contribution >= 0.6 is 0 Å². The third-order valence-corrected chi connectivity index (χ3v) is 2.96. The van der Waals surface area contributed by atoms with Gasteiger partial charge in [0.1, 0.15) is 0 Å². The average molecular weight is 207 g/mol. The number of fused-ring (bicyclic) bond motifs is 1. The summed E-state index contributed by atoms with van der Waals surface area (Å²) in [6, 6.07) is 16.9. The molecule has 0 saturated carbocycles. The quantitative estimate of drug-likeness (QED) is 0.749. The second-order valence-corrected chi connectivity index (χ2v) is 4.10. The van der Waals surface area contributed by atoms with E-state index in [2.05, 4.69) is 54.4 Å². The predicted molar refractivity (Wildman–Crippen MR) is 68.3 cm³/mol. The van der Waals surface area contributed by atoms with Crippen LogP contribution in [0.4, 0.5) is 5.69 Å². The number of rotatable bonds is 1. The molecule has 2 aromatic carbocycles. The maximum absolute atomic E-state index is 3.99. The summed E-state index contributed by atoms with van der Waals surface area (Å²) in [7, 11) is 0. The average Bonchev–Trinajstić information content (AvgIpc) is 2.70. The zero-order valence-corrected chi connectivity index (χ0v) is 9.03. The van der Waals surface area contributed by atoms with Gasteiger partial charge in [0.05, 0.1) is 0 Å². The molecule has 0 saturated heterocycles. The van der Waals surface area contributed by atoms with Crippen LogP contribution in [0.3, 0.4) is 0 Å². The molecular weight excluding hydrogens is 194 g/mol. The van der Waals surface area contributed by atoms with E-state index in [1.54, 1.807) is 0 Å². The fourth-order valence-electron chi connectivity index (χ4n) is 2.23. The molecule has 0 bridgehead atoms. The van der Waals surface area contributed by atoms with Crippen LogP contribution in [0.2, 0.25) is 0 Å². The van der Waals surface area contributed by atoms with Crippen molar-refractivity contribution in [3.05, 3.63) is 66.4 Å². The predicted octanol–water partition coefficient (Wildman–Crippen LogP) is 3.84. The Labute approximate surface area is 95.4 Å². The Morgan fingerprint density at radius 2 is 1.75 bits per heavy atom. The monoisotopic (exact) mass is 207 g/mol. The molecule has 0 aliphatic carbocycles. The van der Waals surface area contributed by atoms with Crippen LogP contribution < -0.4 is 5.32 Å². The van der Waals surface area contributed by atoms with Crippen LogP contribution in [0.5, 0.6) is 0 Å². The Morgan fingerprint density at radius 3 is 2.56 bits per heavy atom. The van der Waals surface area contributed by atoms with E-state index in [0.29, 0.717) is 0 Å². The van der Waals surface area contributed by atoms with Gasteiger partial charge in [-0.05, 0) is 22.8 Å². The van der Waals surface area contributed by atoms with Crippen molar-refractivity contribution in [2.24, 2.45) is 0 Å². The maximum Gasteiger partial charge on any atom is 0.0424 e. The van der Waals surface area contributed by atoms with Gasteiger partial charge in [0.25, 0.3) is 0 Å². The molecule has 0 amide bonds. The summed E-state index contributed by atoms with van der Waals surface area (Å²) in [4.78, 5) is 0. The fourth-order valence-corrected chi connectivity index (χ4v) is 2.23. The first kappa shape index (κ1) is 9.22. The van der Waals surface area contributed by atoms with Gasteiger partial charge in [-0.15, -0.1) is 0 Å². The van der Waals surface area contributed by atoms with Crippen molar-refractivity contribution in [1.29, 1.82) is 0 Å². The number of nitrogens with one attached hydrogen (secondary N) is 1. The third kappa shape index (κ3) is 1.41. The first-order valence-electron chi connectivity index (χ1n) is 5.47. The Bertz CT molecular complexity index is 541. The molecule has 1 heteroatoms. The molecule has 1 nitrogen and oxygen atoms in total. The van der Waals surface area contributed by atoms with Gasteiger partial charge >= 0.3 is 0 Å². The van der Waals surface area contributed by atoms with E-state index in [4.69, 9.17) is 0 Å². The minimum absolute atomic E-state index is 0.931. The van der Waals surface area contributed by atoms with Crippen LogP contribution in [0.1, 0.15) is 5.56 Å². The van der Waals surface area contributed by atoms with Crippen molar-refractivity contribution in [2.75, 3.05) is 5.32 Å². The summed E-state index contributed by atoms with van der Waals surface area (Å²) in [5, 5.41) is 3.31. The van der Waals surface area contributed by atoms with Gasteiger partial charge in [-0.2, -0.15) is 0 Å². The molecule has 0 spiro atoms. The van der Waals surface area contributed by atoms with Crippen molar-refractivity contribution in [1.82, 2.24) is 0 Å². The summed E-state index contributed by atoms with van der Waals surface area (Å²) in [6.45, 7) is 3.99. The lowest BCUT2D eigenvalue weighted by Gasteiger charge is -2.07. The van der Waals surface area contributed by atoms with E-state index in [-0.39, 0.29) is 0 Å². The highest BCUT2D eigenvalue weighted by Crippen LogP contribution is 2.35. The number of anilines is 1. The summed E-state index contributed by atoms with van der Waals surface area (Å²) in [5.74, 6) is 0.